The Morgan fingerprint density at radius 3 is 2.55 bits per heavy atom. The van der Waals surface area contributed by atoms with E-state index < -0.39 is 0 Å². The number of anilines is 1. The monoisotopic (exact) mass is 276 g/mol. The van der Waals surface area contributed by atoms with Crippen LogP contribution in [-0.4, -0.2) is 13.1 Å². The van der Waals surface area contributed by atoms with Gasteiger partial charge in [-0.15, -0.1) is 0 Å². The second kappa shape index (κ2) is 6.57. The second-order valence-corrected chi connectivity index (χ2v) is 5.24. The Kier molecular flexibility index (Phi) is 4.79. The first kappa shape index (κ1) is 14.6. The van der Waals surface area contributed by atoms with Crippen molar-refractivity contribution < 1.29 is 8.81 Å². The molecule has 4 heteroatoms. The number of halogens is 1. The molecule has 0 radical (unpaired) electrons. The number of furan rings is 1. The van der Waals surface area contributed by atoms with Crippen molar-refractivity contribution >= 4 is 5.69 Å². The van der Waals surface area contributed by atoms with Gasteiger partial charge in [-0.1, -0.05) is 13.8 Å². The van der Waals surface area contributed by atoms with Crippen LogP contribution in [0.4, 0.5) is 10.1 Å². The highest BCUT2D eigenvalue weighted by Gasteiger charge is 2.10. The molecule has 1 heterocycles. The number of nitrogens with one attached hydrogen (secondary N) is 1. The zero-order valence-corrected chi connectivity index (χ0v) is 12.2. The van der Waals surface area contributed by atoms with Crippen LogP contribution in [0.2, 0.25) is 0 Å². The Labute approximate surface area is 119 Å². The summed E-state index contributed by atoms with van der Waals surface area (Å²) < 4.78 is 18.4. The van der Waals surface area contributed by atoms with E-state index in [2.05, 4.69) is 24.1 Å². The summed E-state index contributed by atoms with van der Waals surface area (Å²) >= 11 is 0. The van der Waals surface area contributed by atoms with Crippen molar-refractivity contribution in [2.75, 3.05) is 11.9 Å². The largest absolute Gasteiger partial charge is 0.468 e. The second-order valence-electron chi connectivity index (χ2n) is 5.24. The predicted octanol–water partition coefficient (Wildman–Crippen LogP) is 3.55. The van der Waals surface area contributed by atoms with Crippen LogP contribution in [0.5, 0.6) is 0 Å². The molecule has 1 aromatic carbocycles. The van der Waals surface area contributed by atoms with Gasteiger partial charge in [-0.3, -0.25) is 0 Å². The van der Waals surface area contributed by atoms with Gasteiger partial charge in [-0.2, -0.15) is 0 Å². The minimum Gasteiger partial charge on any atom is -0.468 e. The molecule has 108 valence electrons. The van der Waals surface area contributed by atoms with E-state index in [1.54, 1.807) is 18.4 Å². The molecule has 0 aliphatic carbocycles. The van der Waals surface area contributed by atoms with Gasteiger partial charge in [-0.05, 0) is 30.3 Å². The zero-order chi connectivity index (χ0) is 14.5. The molecule has 0 atom stereocenters. The zero-order valence-electron chi connectivity index (χ0n) is 12.2. The van der Waals surface area contributed by atoms with Gasteiger partial charge in [-0.25, -0.2) is 4.39 Å². The average molecular weight is 276 g/mol. The van der Waals surface area contributed by atoms with Crippen LogP contribution in [0.15, 0.2) is 41.0 Å². The van der Waals surface area contributed by atoms with Crippen LogP contribution in [-0.2, 0) is 13.1 Å². The number of hydrogen-bond acceptors (Lipinski definition) is 3. The first-order valence-electron chi connectivity index (χ1n) is 6.81. The minimum atomic E-state index is -0.215. The highest BCUT2D eigenvalue weighted by molar-refractivity contribution is 5.46. The summed E-state index contributed by atoms with van der Waals surface area (Å²) in [7, 11) is 1.99. The average Bonchev–Trinajstić information content (AvgIpc) is 2.84. The molecular formula is C16H21FN2O. The molecule has 0 bridgehead atoms. The Morgan fingerprint density at radius 1 is 1.20 bits per heavy atom. The van der Waals surface area contributed by atoms with E-state index in [0.29, 0.717) is 6.04 Å². The van der Waals surface area contributed by atoms with E-state index in [1.165, 1.54) is 12.1 Å². The third-order valence-corrected chi connectivity index (χ3v) is 3.18. The van der Waals surface area contributed by atoms with Crippen molar-refractivity contribution in [1.29, 1.82) is 0 Å². The van der Waals surface area contributed by atoms with Crippen LogP contribution in [0.3, 0.4) is 0 Å². The molecule has 0 saturated carbocycles. The molecule has 1 aromatic heterocycles. The van der Waals surface area contributed by atoms with Gasteiger partial charge < -0.3 is 14.6 Å². The molecule has 0 fully saturated rings. The van der Waals surface area contributed by atoms with Gasteiger partial charge in [0.05, 0.1) is 12.8 Å². The van der Waals surface area contributed by atoms with Crippen molar-refractivity contribution in [3.63, 3.8) is 0 Å². The molecule has 0 aliphatic rings. The number of benzene rings is 1. The summed E-state index contributed by atoms with van der Waals surface area (Å²) in [6, 6.07) is 8.91. The van der Waals surface area contributed by atoms with E-state index in [9.17, 15) is 4.39 Å². The molecule has 20 heavy (non-hydrogen) atoms. The lowest BCUT2D eigenvalue weighted by Gasteiger charge is -2.19. The van der Waals surface area contributed by atoms with Crippen LogP contribution >= 0.6 is 0 Å². The third-order valence-electron chi connectivity index (χ3n) is 3.18. The van der Waals surface area contributed by atoms with E-state index in [4.69, 9.17) is 4.42 Å². The van der Waals surface area contributed by atoms with Crippen molar-refractivity contribution in [2.45, 2.75) is 33.0 Å². The molecule has 0 saturated heterocycles. The van der Waals surface area contributed by atoms with Crippen molar-refractivity contribution in [1.82, 2.24) is 5.32 Å². The van der Waals surface area contributed by atoms with Crippen molar-refractivity contribution in [3.05, 3.63) is 53.7 Å². The molecule has 0 aliphatic heterocycles. The van der Waals surface area contributed by atoms with E-state index in [1.807, 2.05) is 13.1 Å². The van der Waals surface area contributed by atoms with Gasteiger partial charge in [0.15, 0.2) is 0 Å². The lowest BCUT2D eigenvalue weighted by Crippen LogP contribution is -2.23. The third kappa shape index (κ3) is 3.84. The summed E-state index contributed by atoms with van der Waals surface area (Å²) in [5.41, 5.74) is 2.13. The molecule has 2 rings (SSSR count). The Morgan fingerprint density at radius 2 is 1.90 bits per heavy atom. The quantitative estimate of drug-likeness (QED) is 0.874. The fraction of sp³-hybridized carbons (Fsp3) is 0.375. The molecular weight excluding hydrogens is 255 g/mol. The number of nitrogens with zero attached hydrogens (tertiary/aromatic N) is 1. The van der Waals surface area contributed by atoms with Crippen molar-refractivity contribution in [3.8, 4) is 0 Å². The Balaban J connectivity index is 2.02. The maximum atomic E-state index is 12.9. The van der Waals surface area contributed by atoms with Gasteiger partial charge in [0.2, 0.25) is 0 Å². The lowest BCUT2D eigenvalue weighted by atomic mass is 10.2. The number of hydrogen-bond donors (Lipinski definition) is 1. The highest BCUT2D eigenvalue weighted by atomic mass is 19.1. The van der Waals surface area contributed by atoms with Crippen LogP contribution in [0, 0.1) is 5.82 Å². The van der Waals surface area contributed by atoms with Gasteiger partial charge >= 0.3 is 0 Å². The maximum absolute atomic E-state index is 12.9. The van der Waals surface area contributed by atoms with Crippen LogP contribution in [0.1, 0.15) is 25.2 Å². The highest BCUT2D eigenvalue weighted by Crippen LogP contribution is 2.19. The fourth-order valence-corrected chi connectivity index (χ4v) is 2.00. The Hall–Kier alpha value is -1.81. The summed E-state index contributed by atoms with van der Waals surface area (Å²) in [6.07, 6.45) is 1.71. The van der Waals surface area contributed by atoms with E-state index in [-0.39, 0.29) is 5.82 Å². The van der Waals surface area contributed by atoms with Crippen LogP contribution in [0.25, 0.3) is 0 Å². The predicted molar refractivity (Wildman–Crippen MR) is 79.2 cm³/mol. The summed E-state index contributed by atoms with van der Waals surface area (Å²) in [6.45, 7) is 5.66. The normalized spacial score (nSPS) is 11.1. The molecule has 1 N–H and O–H groups in total. The molecule has 0 unspecified atom stereocenters. The SMILES string of the molecule is CC(C)NCc1occc1CN(C)c1ccc(F)cc1. The fourth-order valence-electron chi connectivity index (χ4n) is 2.00. The minimum absolute atomic E-state index is 0.215. The van der Waals surface area contributed by atoms with Gasteiger partial charge in [0.25, 0.3) is 0 Å². The Bertz CT molecular complexity index is 534. The summed E-state index contributed by atoms with van der Waals surface area (Å²) in [5, 5.41) is 3.35. The number of rotatable bonds is 6. The smallest absolute Gasteiger partial charge is 0.123 e. The summed E-state index contributed by atoms with van der Waals surface area (Å²) in [5.74, 6) is 0.736. The maximum Gasteiger partial charge on any atom is 0.123 e. The van der Waals surface area contributed by atoms with Crippen molar-refractivity contribution in [2.24, 2.45) is 0 Å². The molecule has 0 spiro atoms. The first-order valence-corrected chi connectivity index (χ1v) is 6.81. The summed E-state index contributed by atoms with van der Waals surface area (Å²) in [4.78, 5) is 2.07. The van der Waals surface area contributed by atoms with Gasteiger partial charge in [0.1, 0.15) is 11.6 Å². The molecule has 0 amide bonds. The molecule has 3 nitrogen and oxygen atoms in total. The lowest BCUT2D eigenvalue weighted by molar-refractivity contribution is 0.460. The topological polar surface area (TPSA) is 28.4 Å². The first-order chi connectivity index (χ1) is 9.56. The van der Waals surface area contributed by atoms with Crippen LogP contribution < -0.4 is 10.2 Å². The van der Waals surface area contributed by atoms with E-state index >= 15 is 0 Å². The molecule has 2 aromatic rings. The standard InChI is InChI=1S/C16H21FN2O/c1-12(2)18-10-16-13(8-9-20-16)11-19(3)15-6-4-14(17)5-7-15/h4-9,12,18H,10-11H2,1-3H3. The van der Waals surface area contributed by atoms with Gasteiger partial charge in [0, 0.05) is 30.9 Å². The van der Waals surface area contributed by atoms with E-state index in [0.717, 1.165) is 30.1 Å².